The lowest BCUT2D eigenvalue weighted by atomic mass is 10.0. The zero-order valence-corrected chi connectivity index (χ0v) is 12.3. The van der Waals surface area contributed by atoms with Crippen LogP contribution in [0.3, 0.4) is 0 Å². The molecular formula is C16H11F4NO3. The van der Waals surface area contributed by atoms with Crippen molar-refractivity contribution in [2.45, 2.75) is 13.1 Å². The summed E-state index contributed by atoms with van der Waals surface area (Å²) in [6.07, 6.45) is -6.91. The number of amides is 1. The average Bonchev–Trinajstić information content (AvgIpc) is 2.49. The highest BCUT2D eigenvalue weighted by atomic mass is 19.4. The van der Waals surface area contributed by atoms with Crippen molar-refractivity contribution in [3.05, 3.63) is 53.8 Å². The van der Waals surface area contributed by atoms with E-state index in [9.17, 15) is 27.2 Å². The number of carbonyl (C=O) groups excluding carboxylic acids is 2. The van der Waals surface area contributed by atoms with Crippen molar-refractivity contribution in [2.75, 3.05) is 5.32 Å². The Morgan fingerprint density at radius 1 is 1.04 bits per heavy atom. The van der Waals surface area contributed by atoms with Gasteiger partial charge in [-0.1, -0.05) is 29.8 Å². The second kappa shape index (κ2) is 6.69. The maximum absolute atomic E-state index is 13.5. The summed E-state index contributed by atoms with van der Waals surface area (Å²) in [5.74, 6) is -3.24. The maximum Gasteiger partial charge on any atom is 0.491 e. The second-order valence-electron chi connectivity index (χ2n) is 4.86. The number of hydrogen-bond acceptors (Lipinski definition) is 3. The monoisotopic (exact) mass is 341 g/mol. The average molecular weight is 341 g/mol. The number of halogens is 4. The SMILES string of the molecule is Cc1ccc(-c2cc(F)ccc2NC(=O)OC(=O)C(F)(F)F)cc1. The molecule has 0 aliphatic carbocycles. The summed E-state index contributed by atoms with van der Waals surface area (Å²) in [5, 5.41) is 2.01. The molecule has 2 aromatic rings. The van der Waals surface area contributed by atoms with Crippen molar-refractivity contribution >= 4 is 17.7 Å². The Hall–Kier alpha value is -2.90. The number of esters is 1. The van der Waals surface area contributed by atoms with Crippen LogP contribution in [0, 0.1) is 12.7 Å². The minimum atomic E-state index is -5.29. The van der Waals surface area contributed by atoms with Crippen molar-refractivity contribution in [1.29, 1.82) is 0 Å². The summed E-state index contributed by atoms with van der Waals surface area (Å²) in [7, 11) is 0. The van der Waals surface area contributed by atoms with Gasteiger partial charge in [0.1, 0.15) is 5.82 Å². The minimum absolute atomic E-state index is 0.000211. The quantitative estimate of drug-likeness (QED) is 0.499. The van der Waals surface area contributed by atoms with Gasteiger partial charge in [-0.2, -0.15) is 13.2 Å². The fraction of sp³-hybridized carbons (Fsp3) is 0.125. The van der Waals surface area contributed by atoms with Crippen molar-refractivity contribution in [2.24, 2.45) is 0 Å². The van der Waals surface area contributed by atoms with E-state index in [4.69, 9.17) is 0 Å². The fourth-order valence-corrected chi connectivity index (χ4v) is 1.87. The number of nitrogens with one attached hydrogen (secondary N) is 1. The van der Waals surface area contributed by atoms with E-state index in [1.54, 1.807) is 24.3 Å². The maximum atomic E-state index is 13.5. The van der Waals surface area contributed by atoms with Gasteiger partial charge in [-0.25, -0.2) is 14.0 Å². The molecule has 0 bridgehead atoms. The largest absolute Gasteiger partial charge is 0.491 e. The Kier molecular flexibility index (Phi) is 4.87. The number of anilines is 1. The summed E-state index contributed by atoms with van der Waals surface area (Å²) in [6.45, 7) is 1.84. The first-order chi connectivity index (χ1) is 11.2. The lowest BCUT2D eigenvalue weighted by Crippen LogP contribution is -2.30. The zero-order valence-electron chi connectivity index (χ0n) is 12.3. The lowest BCUT2D eigenvalue weighted by molar-refractivity contribution is -0.192. The first-order valence-electron chi connectivity index (χ1n) is 6.63. The van der Waals surface area contributed by atoms with Gasteiger partial charge in [0.15, 0.2) is 0 Å². The first-order valence-corrected chi connectivity index (χ1v) is 6.63. The molecule has 0 aliphatic rings. The van der Waals surface area contributed by atoms with Gasteiger partial charge in [0.05, 0.1) is 5.69 Å². The van der Waals surface area contributed by atoms with Crippen molar-refractivity contribution < 1.29 is 31.9 Å². The summed E-state index contributed by atoms with van der Waals surface area (Å²) in [4.78, 5) is 22.1. The molecule has 0 aliphatic heterocycles. The van der Waals surface area contributed by atoms with Crippen LogP contribution in [0.4, 0.5) is 28.0 Å². The number of ether oxygens (including phenoxy) is 1. The van der Waals surface area contributed by atoms with Gasteiger partial charge in [-0.05, 0) is 30.7 Å². The molecule has 0 saturated heterocycles. The first kappa shape index (κ1) is 17.5. The van der Waals surface area contributed by atoms with E-state index in [1.807, 2.05) is 12.2 Å². The standard InChI is InChI=1S/C16H11F4NO3/c1-9-2-4-10(5-3-9)12-8-11(17)6-7-13(12)21-15(23)24-14(22)16(18,19)20/h2-8H,1H3,(H,21,23). The van der Waals surface area contributed by atoms with Gasteiger partial charge in [-0.15, -0.1) is 0 Å². The van der Waals surface area contributed by atoms with Crippen LogP contribution in [-0.2, 0) is 9.53 Å². The van der Waals surface area contributed by atoms with Gasteiger partial charge >= 0.3 is 18.2 Å². The predicted octanol–water partition coefficient (Wildman–Crippen LogP) is 4.44. The highest BCUT2D eigenvalue weighted by Crippen LogP contribution is 2.29. The fourth-order valence-electron chi connectivity index (χ4n) is 1.87. The van der Waals surface area contributed by atoms with Gasteiger partial charge in [-0.3, -0.25) is 5.32 Å². The van der Waals surface area contributed by atoms with Gasteiger partial charge in [0.25, 0.3) is 0 Å². The Balaban J connectivity index is 2.26. The third kappa shape index (κ3) is 4.31. The molecule has 1 amide bonds. The van der Waals surface area contributed by atoms with Crippen LogP contribution in [0.5, 0.6) is 0 Å². The summed E-state index contributed by atoms with van der Waals surface area (Å²) < 4.78 is 53.4. The van der Waals surface area contributed by atoms with Gasteiger partial charge in [0, 0.05) is 5.56 Å². The Bertz CT molecular complexity index is 770. The number of benzene rings is 2. The highest BCUT2D eigenvalue weighted by Gasteiger charge is 2.42. The summed E-state index contributed by atoms with van der Waals surface area (Å²) in [6, 6.07) is 10.1. The molecule has 0 fully saturated rings. The molecule has 0 heterocycles. The third-order valence-corrected chi connectivity index (χ3v) is 3.00. The van der Waals surface area contributed by atoms with Gasteiger partial charge in [0.2, 0.25) is 0 Å². The molecule has 2 aromatic carbocycles. The molecule has 126 valence electrons. The topological polar surface area (TPSA) is 55.4 Å². The molecule has 0 aromatic heterocycles. The molecule has 2 rings (SSSR count). The van der Waals surface area contributed by atoms with Gasteiger partial charge < -0.3 is 4.74 Å². The molecule has 0 atom stereocenters. The molecular weight excluding hydrogens is 330 g/mol. The molecule has 1 N–H and O–H groups in total. The highest BCUT2D eigenvalue weighted by molar-refractivity contribution is 5.97. The molecule has 0 saturated carbocycles. The Morgan fingerprint density at radius 3 is 2.25 bits per heavy atom. The predicted molar refractivity (Wildman–Crippen MR) is 77.7 cm³/mol. The van der Waals surface area contributed by atoms with E-state index in [2.05, 4.69) is 4.74 Å². The second-order valence-corrected chi connectivity index (χ2v) is 4.86. The Morgan fingerprint density at radius 2 is 1.67 bits per heavy atom. The van der Waals surface area contributed by atoms with Crippen LogP contribution >= 0.6 is 0 Å². The smallest absolute Gasteiger partial charge is 0.369 e. The van der Waals surface area contributed by atoms with Crippen LogP contribution < -0.4 is 5.32 Å². The van der Waals surface area contributed by atoms with Crippen LogP contribution in [-0.4, -0.2) is 18.2 Å². The number of hydrogen-bond donors (Lipinski definition) is 1. The van der Waals surface area contributed by atoms with E-state index in [1.165, 1.54) is 0 Å². The van der Waals surface area contributed by atoms with Crippen molar-refractivity contribution in [3.63, 3.8) is 0 Å². The van der Waals surface area contributed by atoms with Crippen molar-refractivity contribution in [1.82, 2.24) is 0 Å². The normalized spacial score (nSPS) is 11.0. The van der Waals surface area contributed by atoms with Crippen LogP contribution in [0.2, 0.25) is 0 Å². The number of aryl methyl sites for hydroxylation is 1. The molecule has 0 unspecified atom stereocenters. The van der Waals surface area contributed by atoms with E-state index in [-0.39, 0.29) is 11.3 Å². The van der Waals surface area contributed by atoms with E-state index >= 15 is 0 Å². The van der Waals surface area contributed by atoms with E-state index in [0.717, 1.165) is 23.8 Å². The number of carbonyl (C=O) groups is 2. The number of rotatable bonds is 2. The molecule has 0 spiro atoms. The zero-order chi connectivity index (χ0) is 17.9. The molecule has 0 radical (unpaired) electrons. The van der Waals surface area contributed by atoms with Crippen LogP contribution in [0.1, 0.15) is 5.56 Å². The minimum Gasteiger partial charge on any atom is -0.369 e. The third-order valence-electron chi connectivity index (χ3n) is 3.00. The molecule has 8 heteroatoms. The Labute approximate surface area is 134 Å². The summed E-state index contributed by atoms with van der Waals surface area (Å²) in [5.41, 5.74) is 1.70. The van der Waals surface area contributed by atoms with E-state index < -0.39 is 24.1 Å². The molecule has 24 heavy (non-hydrogen) atoms. The van der Waals surface area contributed by atoms with E-state index in [0.29, 0.717) is 5.56 Å². The number of alkyl halides is 3. The summed E-state index contributed by atoms with van der Waals surface area (Å²) >= 11 is 0. The van der Waals surface area contributed by atoms with Crippen molar-refractivity contribution in [3.8, 4) is 11.1 Å². The lowest BCUT2D eigenvalue weighted by Gasteiger charge is -2.12. The van der Waals surface area contributed by atoms with Crippen LogP contribution in [0.15, 0.2) is 42.5 Å². The van der Waals surface area contributed by atoms with Crippen LogP contribution in [0.25, 0.3) is 11.1 Å². The molecule has 4 nitrogen and oxygen atoms in total.